The lowest BCUT2D eigenvalue weighted by atomic mass is 10.1. The van der Waals surface area contributed by atoms with Crippen LogP contribution in [0.3, 0.4) is 0 Å². The number of ketones is 1. The number of Topliss-reactive ketones (excluding diaryl/α,β-unsaturated/α-hetero) is 1. The number of para-hydroxylation sites is 1. The Morgan fingerprint density at radius 3 is 2.75 bits per heavy atom. The number of rotatable bonds is 3. The number of anilines is 1. The monoisotopic (exact) mass is 239 g/mol. The molecule has 86 valence electrons. The fraction of sp³-hybridized carbons (Fsp3) is 0.417. The quantitative estimate of drug-likeness (QED) is 0.812. The molecule has 1 saturated heterocycles. The summed E-state index contributed by atoms with van der Waals surface area (Å²) in [5.74, 6) is -0.166. The van der Waals surface area contributed by atoms with Gasteiger partial charge in [0.1, 0.15) is 6.04 Å². The molecule has 0 aromatic heterocycles. The van der Waals surface area contributed by atoms with Crippen molar-refractivity contribution in [3.63, 3.8) is 0 Å². The Bertz CT molecular complexity index is 369. The smallest absolute Gasteiger partial charge is 0.172 e. The molecule has 16 heavy (non-hydrogen) atoms. The zero-order chi connectivity index (χ0) is 11.5. The third-order valence-corrected chi connectivity index (χ3v) is 3.18. The van der Waals surface area contributed by atoms with Gasteiger partial charge in [-0.3, -0.25) is 4.79 Å². The maximum absolute atomic E-state index is 11.7. The predicted octanol–water partition coefficient (Wildman–Crippen LogP) is 1.43. The van der Waals surface area contributed by atoms with Crippen LogP contribution in [0.1, 0.15) is 6.42 Å². The number of hydrogen-bond donors (Lipinski definition) is 1. The average molecular weight is 240 g/mol. The first kappa shape index (κ1) is 11.4. The van der Waals surface area contributed by atoms with E-state index in [1.54, 1.807) is 0 Å². The van der Waals surface area contributed by atoms with Gasteiger partial charge in [0.25, 0.3) is 0 Å². The molecule has 0 radical (unpaired) electrons. The van der Waals surface area contributed by atoms with E-state index in [-0.39, 0.29) is 11.7 Å². The highest BCUT2D eigenvalue weighted by Crippen LogP contribution is 2.26. The van der Waals surface area contributed by atoms with Gasteiger partial charge in [-0.2, -0.15) is 0 Å². The molecule has 1 aliphatic heterocycles. The second kappa shape index (κ2) is 4.85. The Balaban J connectivity index is 2.24. The summed E-state index contributed by atoms with van der Waals surface area (Å²) >= 11 is 5.56. The van der Waals surface area contributed by atoms with E-state index >= 15 is 0 Å². The van der Waals surface area contributed by atoms with Crippen LogP contribution < -0.4 is 4.90 Å². The zero-order valence-corrected chi connectivity index (χ0v) is 9.60. The number of nitrogens with zero attached hydrogens (tertiary/aromatic N) is 1. The van der Waals surface area contributed by atoms with E-state index in [1.165, 1.54) is 0 Å². The Morgan fingerprint density at radius 2 is 2.12 bits per heavy atom. The van der Waals surface area contributed by atoms with Crippen LogP contribution in [-0.4, -0.2) is 35.5 Å². The van der Waals surface area contributed by atoms with Crippen LogP contribution in [0, 0.1) is 0 Å². The van der Waals surface area contributed by atoms with Crippen LogP contribution in [0.15, 0.2) is 30.3 Å². The van der Waals surface area contributed by atoms with Crippen LogP contribution in [-0.2, 0) is 4.79 Å². The van der Waals surface area contributed by atoms with E-state index in [0.717, 1.165) is 5.69 Å². The topological polar surface area (TPSA) is 40.5 Å². The third kappa shape index (κ3) is 2.06. The first-order valence-corrected chi connectivity index (χ1v) is 5.86. The van der Waals surface area contributed by atoms with E-state index in [2.05, 4.69) is 0 Å². The number of aliphatic hydroxyl groups excluding tert-OH is 1. The van der Waals surface area contributed by atoms with E-state index < -0.39 is 12.1 Å². The molecule has 0 amide bonds. The van der Waals surface area contributed by atoms with Gasteiger partial charge in [-0.15, -0.1) is 11.6 Å². The Hall–Kier alpha value is -1.06. The molecular formula is C12H14ClNO2. The van der Waals surface area contributed by atoms with Crippen LogP contribution in [0.5, 0.6) is 0 Å². The van der Waals surface area contributed by atoms with Gasteiger partial charge < -0.3 is 10.0 Å². The molecule has 0 spiro atoms. The van der Waals surface area contributed by atoms with Crippen molar-refractivity contribution < 1.29 is 9.90 Å². The summed E-state index contributed by atoms with van der Waals surface area (Å²) in [4.78, 5) is 13.6. The second-order valence-corrected chi connectivity index (χ2v) is 4.20. The summed E-state index contributed by atoms with van der Waals surface area (Å²) in [6, 6.07) is 9.15. The van der Waals surface area contributed by atoms with Crippen LogP contribution >= 0.6 is 11.6 Å². The maximum atomic E-state index is 11.7. The Morgan fingerprint density at radius 1 is 1.44 bits per heavy atom. The van der Waals surface area contributed by atoms with E-state index in [4.69, 9.17) is 11.6 Å². The van der Waals surface area contributed by atoms with Gasteiger partial charge in [0.15, 0.2) is 5.78 Å². The number of aliphatic hydroxyl groups is 1. The van der Waals surface area contributed by atoms with E-state index in [9.17, 15) is 9.90 Å². The molecule has 1 aromatic carbocycles. The zero-order valence-electron chi connectivity index (χ0n) is 8.84. The van der Waals surface area contributed by atoms with Crippen molar-refractivity contribution in [3.8, 4) is 0 Å². The van der Waals surface area contributed by atoms with Crippen LogP contribution in [0.2, 0.25) is 0 Å². The molecule has 1 fully saturated rings. The minimum atomic E-state index is -0.605. The number of carbonyl (C=O) groups is 1. The summed E-state index contributed by atoms with van der Waals surface area (Å²) in [5, 5.41) is 9.80. The van der Waals surface area contributed by atoms with Gasteiger partial charge in [-0.05, 0) is 18.6 Å². The molecule has 0 aliphatic carbocycles. The summed E-state index contributed by atoms with van der Waals surface area (Å²) in [5.41, 5.74) is 0.961. The minimum Gasteiger partial charge on any atom is -0.390 e. The Labute approximate surface area is 99.6 Å². The number of hydrogen-bond acceptors (Lipinski definition) is 3. The van der Waals surface area contributed by atoms with Crippen molar-refractivity contribution in [3.05, 3.63) is 30.3 Å². The third-order valence-electron chi connectivity index (χ3n) is 2.92. The number of carbonyl (C=O) groups excluding carboxylic acids is 1. The molecule has 3 nitrogen and oxygen atoms in total. The summed E-state index contributed by atoms with van der Waals surface area (Å²) < 4.78 is 0. The highest BCUT2D eigenvalue weighted by Gasteiger charge is 2.37. The Kier molecular flexibility index (Phi) is 3.46. The molecule has 2 rings (SSSR count). The molecule has 1 aromatic rings. The van der Waals surface area contributed by atoms with Gasteiger partial charge in [0.05, 0.1) is 12.0 Å². The fourth-order valence-corrected chi connectivity index (χ4v) is 2.31. The summed E-state index contributed by atoms with van der Waals surface area (Å²) in [6.07, 6.45) is 0.00815. The summed E-state index contributed by atoms with van der Waals surface area (Å²) in [7, 11) is 0. The van der Waals surface area contributed by atoms with Crippen LogP contribution in [0.4, 0.5) is 5.69 Å². The highest BCUT2D eigenvalue weighted by molar-refractivity contribution is 6.28. The van der Waals surface area contributed by atoms with Crippen LogP contribution in [0.25, 0.3) is 0 Å². The molecule has 0 bridgehead atoms. The standard InChI is InChI=1S/C12H14ClNO2/c13-8-11(16)12-10(15)6-7-14(12)9-4-2-1-3-5-9/h1-5,10,12,15H,6-8H2/t10-,12-/m1/s1. The van der Waals surface area contributed by atoms with E-state index in [0.29, 0.717) is 13.0 Å². The fourth-order valence-electron chi connectivity index (χ4n) is 2.15. The first-order valence-electron chi connectivity index (χ1n) is 5.32. The first-order chi connectivity index (χ1) is 7.74. The predicted molar refractivity (Wildman–Crippen MR) is 63.9 cm³/mol. The number of halogens is 1. The molecule has 1 aliphatic rings. The molecular weight excluding hydrogens is 226 g/mol. The van der Waals surface area contributed by atoms with Crippen molar-refractivity contribution in [1.82, 2.24) is 0 Å². The van der Waals surface area contributed by atoms with Crippen molar-refractivity contribution >= 4 is 23.1 Å². The van der Waals surface area contributed by atoms with Gasteiger partial charge >= 0.3 is 0 Å². The number of alkyl halides is 1. The molecule has 0 saturated carbocycles. The molecule has 1 N–H and O–H groups in total. The highest BCUT2D eigenvalue weighted by atomic mass is 35.5. The summed E-state index contributed by atoms with van der Waals surface area (Å²) in [6.45, 7) is 0.693. The number of benzene rings is 1. The van der Waals surface area contributed by atoms with Crippen molar-refractivity contribution in [2.75, 3.05) is 17.3 Å². The normalized spacial score (nSPS) is 24.8. The molecule has 1 heterocycles. The lowest BCUT2D eigenvalue weighted by molar-refractivity contribution is -0.119. The lowest BCUT2D eigenvalue weighted by Gasteiger charge is -2.26. The van der Waals surface area contributed by atoms with Crippen molar-refractivity contribution in [1.29, 1.82) is 0 Å². The molecule has 0 unspecified atom stereocenters. The minimum absolute atomic E-state index is 0.0505. The van der Waals surface area contributed by atoms with E-state index in [1.807, 2.05) is 35.2 Å². The average Bonchev–Trinajstić information content (AvgIpc) is 2.71. The second-order valence-electron chi connectivity index (χ2n) is 3.93. The van der Waals surface area contributed by atoms with Gasteiger partial charge in [0.2, 0.25) is 0 Å². The van der Waals surface area contributed by atoms with Gasteiger partial charge in [0, 0.05) is 12.2 Å². The SMILES string of the molecule is O=C(CCl)[C@H]1[C@H](O)CCN1c1ccccc1. The van der Waals surface area contributed by atoms with Gasteiger partial charge in [-0.25, -0.2) is 0 Å². The molecule has 2 atom stereocenters. The molecule has 4 heteroatoms. The van der Waals surface area contributed by atoms with Crippen molar-refractivity contribution in [2.24, 2.45) is 0 Å². The van der Waals surface area contributed by atoms with Crippen molar-refractivity contribution in [2.45, 2.75) is 18.6 Å². The lowest BCUT2D eigenvalue weighted by Crippen LogP contribution is -2.42. The van der Waals surface area contributed by atoms with Gasteiger partial charge in [-0.1, -0.05) is 18.2 Å². The maximum Gasteiger partial charge on any atom is 0.172 e. The largest absolute Gasteiger partial charge is 0.390 e.